The van der Waals surface area contributed by atoms with Gasteiger partial charge in [-0.2, -0.15) is 0 Å². The molecule has 0 aliphatic rings. The maximum absolute atomic E-state index is 10.7. The predicted octanol–water partition coefficient (Wildman–Crippen LogP) is 0.544. The number of unbranched alkanes of at least 4 members (excludes halogenated alkanes) is 1. The molecule has 0 unspecified atom stereocenters. The first-order chi connectivity index (χ1) is 7.31. The van der Waals surface area contributed by atoms with E-state index in [-0.39, 0.29) is 5.97 Å². The minimum absolute atomic E-state index is 0.221. The summed E-state index contributed by atoms with van der Waals surface area (Å²) in [6.45, 7) is 2.38. The van der Waals surface area contributed by atoms with E-state index in [2.05, 4.69) is 0 Å². The molecule has 16 heavy (non-hydrogen) atoms. The maximum Gasteiger partial charge on any atom is 0.466 e. The number of carbonyl (C=O) groups is 1. The van der Waals surface area contributed by atoms with Crippen LogP contribution in [-0.4, -0.2) is 55.2 Å². The van der Waals surface area contributed by atoms with E-state index >= 15 is 0 Å². The Labute approximate surface area is 112 Å². The summed E-state index contributed by atoms with van der Waals surface area (Å²) in [5.74, 6) is -0.221. The van der Waals surface area contributed by atoms with E-state index in [4.69, 9.17) is 24.0 Å². The second-order valence-corrected chi connectivity index (χ2v) is 4.91. The molecule has 0 bridgehead atoms. The summed E-state index contributed by atoms with van der Waals surface area (Å²) in [5.41, 5.74) is 0. The van der Waals surface area contributed by atoms with E-state index in [0.717, 1.165) is 6.42 Å². The average Bonchev–Trinajstić information content (AvgIpc) is 2.10. The van der Waals surface area contributed by atoms with Crippen LogP contribution in [0.3, 0.4) is 0 Å². The molecule has 0 aromatic rings. The molecule has 0 radical (unpaired) electrons. The third-order valence-electron chi connectivity index (χ3n) is 1.29. The fraction of sp³-hybridized carbons (Fsp3) is 0.625. The monoisotopic (exact) mass is 262 g/mol. The Kier molecular flexibility index (Phi) is 13.8. The molecular weight excluding hydrogens is 246 g/mol. The van der Waals surface area contributed by atoms with Gasteiger partial charge in [-0.05, 0) is 0 Å². The Hall–Kier alpha value is 0.320. The van der Waals surface area contributed by atoms with Gasteiger partial charge in [0.1, 0.15) is 0 Å². The number of esters is 1. The quantitative estimate of drug-likeness (QED) is 0.220. The Morgan fingerprint density at radius 1 is 1.38 bits per heavy atom. The molecule has 0 amide bonds. The summed E-state index contributed by atoms with van der Waals surface area (Å²) in [4.78, 5) is 32.3. The summed E-state index contributed by atoms with van der Waals surface area (Å²) in [7, 11) is -4.64. The molecule has 0 atom stereocenters. The number of phosphoric acid groups is 1. The van der Waals surface area contributed by atoms with Crippen LogP contribution in [0.1, 0.15) is 19.8 Å². The van der Waals surface area contributed by atoms with Crippen LogP contribution in [0.15, 0.2) is 12.2 Å². The summed E-state index contributed by atoms with van der Waals surface area (Å²) in [6, 6.07) is 0. The first-order valence-corrected chi connectivity index (χ1v) is 7.87. The van der Waals surface area contributed by atoms with E-state index in [1.165, 1.54) is 44.1 Å². The zero-order valence-electron chi connectivity index (χ0n) is 9.50. The Balaban J connectivity index is 0. The second-order valence-electron chi connectivity index (χ2n) is 2.89. The molecule has 3 N–H and O–H groups in total. The molecule has 90 valence electrons. The van der Waals surface area contributed by atoms with Crippen molar-refractivity contribution < 1.29 is 28.8 Å². The number of allylic oxidation sites excluding steroid dienone is 1. The van der Waals surface area contributed by atoms with E-state index in [1.807, 2.05) is 0 Å². The molecule has 0 saturated carbocycles. The van der Waals surface area contributed by atoms with Gasteiger partial charge in [-0.1, -0.05) is 0 Å². The molecule has 0 heterocycles. The van der Waals surface area contributed by atoms with Gasteiger partial charge in [0.2, 0.25) is 0 Å². The van der Waals surface area contributed by atoms with Gasteiger partial charge in [0, 0.05) is 0 Å². The number of ether oxygens (including phenoxy) is 1. The summed E-state index contributed by atoms with van der Waals surface area (Å²) in [6.07, 6.45) is 5.33. The molecular formula is C8H16NaO6P. The van der Waals surface area contributed by atoms with Crippen molar-refractivity contribution in [2.75, 3.05) is 6.61 Å². The van der Waals surface area contributed by atoms with Crippen molar-refractivity contribution in [3.05, 3.63) is 12.2 Å². The Bertz CT molecular complexity index is 241. The molecule has 8 heteroatoms. The zero-order valence-corrected chi connectivity index (χ0v) is 12.4. The van der Waals surface area contributed by atoms with Gasteiger partial charge >= 0.3 is 93.4 Å². The summed E-state index contributed by atoms with van der Waals surface area (Å²) < 4.78 is 15.0. The molecule has 0 aromatic carbocycles. The van der Waals surface area contributed by atoms with Gasteiger partial charge in [0.25, 0.3) is 0 Å². The topological polar surface area (TPSA) is 104 Å². The first kappa shape index (κ1) is 18.7. The molecule has 6 nitrogen and oxygen atoms in total. The van der Waals surface area contributed by atoms with Crippen molar-refractivity contribution in [1.29, 1.82) is 0 Å². The standard InChI is InChI=1S/C8H13O2.Na.H3O4P/c1-3-5-7-10-8(9)6-4-2;;1-5(2,3)4/h4,6H,1,3,5,7H2,2H3;;(H3,1,2,3,4). The van der Waals surface area contributed by atoms with Crippen molar-refractivity contribution in [3.63, 3.8) is 0 Å². The van der Waals surface area contributed by atoms with Crippen LogP contribution in [0.2, 0.25) is 3.67 Å². The van der Waals surface area contributed by atoms with E-state index < -0.39 is 7.82 Å². The van der Waals surface area contributed by atoms with Crippen molar-refractivity contribution in [2.24, 2.45) is 0 Å². The minimum atomic E-state index is -4.64. The van der Waals surface area contributed by atoms with Gasteiger partial charge in [0.05, 0.1) is 0 Å². The van der Waals surface area contributed by atoms with Crippen LogP contribution in [0.5, 0.6) is 0 Å². The Morgan fingerprint density at radius 3 is 2.25 bits per heavy atom. The van der Waals surface area contributed by atoms with Crippen LogP contribution in [0.25, 0.3) is 0 Å². The van der Waals surface area contributed by atoms with Crippen LogP contribution in [0, 0.1) is 0 Å². The molecule has 0 fully saturated rings. The molecule has 0 aliphatic heterocycles. The van der Waals surface area contributed by atoms with Crippen LogP contribution < -0.4 is 0 Å². The molecule has 0 aromatic heterocycles. The molecule has 0 saturated heterocycles. The van der Waals surface area contributed by atoms with E-state index in [1.54, 1.807) is 13.0 Å². The van der Waals surface area contributed by atoms with Gasteiger partial charge in [-0.25, -0.2) is 4.57 Å². The van der Waals surface area contributed by atoms with Crippen molar-refractivity contribution in [1.82, 2.24) is 0 Å². The third-order valence-corrected chi connectivity index (χ3v) is 2.00. The normalized spacial score (nSPS) is 10.9. The number of hydrogen-bond donors (Lipinski definition) is 3. The zero-order chi connectivity index (χ0) is 13.0. The van der Waals surface area contributed by atoms with E-state index in [9.17, 15) is 4.79 Å². The Morgan fingerprint density at radius 2 is 1.88 bits per heavy atom. The fourth-order valence-electron chi connectivity index (χ4n) is 0.709. The maximum atomic E-state index is 10.7. The van der Waals surface area contributed by atoms with Crippen molar-refractivity contribution >= 4 is 41.7 Å². The van der Waals surface area contributed by atoms with Gasteiger partial charge < -0.3 is 14.7 Å². The second kappa shape index (κ2) is 11.8. The third kappa shape index (κ3) is 29.2. The summed E-state index contributed by atoms with van der Waals surface area (Å²) >= 11 is 1.25. The van der Waals surface area contributed by atoms with Gasteiger partial charge in [0.15, 0.2) is 0 Å². The fourth-order valence-corrected chi connectivity index (χ4v) is 1.21. The number of carbonyl (C=O) groups excluding carboxylic acids is 1. The average molecular weight is 262 g/mol. The van der Waals surface area contributed by atoms with Crippen molar-refractivity contribution in [3.8, 4) is 0 Å². The smallest absolute Gasteiger partial charge is 0.303 e. The van der Waals surface area contributed by atoms with Gasteiger partial charge in [-0.3, -0.25) is 0 Å². The SMILES string of the molecule is CC=CC(=O)OCCC[CH2][Na].O=P(O)(O)O. The minimum Gasteiger partial charge on any atom is -0.303 e. The predicted molar refractivity (Wildman–Crippen MR) is 59.8 cm³/mol. The molecule has 0 rings (SSSR count). The van der Waals surface area contributed by atoms with Crippen LogP contribution >= 0.6 is 7.82 Å². The van der Waals surface area contributed by atoms with Crippen LogP contribution in [0.4, 0.5) is 0 Å². The summed E-state index contributed by atoms with van der Waals surface area (Å²) in [5, 5.41) is 0. The number of rotatable bonds is 5. The first-order valence-electron chi connectivity index (χ1n) is 4.89. The van der Waals surface area contributed by atoms with Crippen molar-refractivity contribution in [2.45, 2.75) is 23.4 Å². The number of hydrogen-bond acceptors (Lipinski definition) is 3. The molecule has 0 aliphatic carbocycles. The largest absolute Gasteiger partial charge is 0.466 e. The van der Waals surface area contributed by atoms with Crippen LogP contribution in [-0.2, 0) is 14.1 Å². The van der Waals surface area contributed by atoms with E-state index in [0.29, 0.717) is 6.61 Å². The van der Waals surface area contributed by atoms with Gasteiger partial charge in [-0.15, -0.1) is 0 Å². The molecule has 0 spiro atoms.